The van der Waals surface area contributed by atoms with E-state index in [0.717, 1.165) is 11.6 Å². The first-order chi connectivity index (χ1) is 9.37. The van der Waals surface area contributed by atoms with Gasteiger partial charge < -0.3 is 15.5 Å². The van der Waals surface area contributed by atoms with Crippen LogP contribution in [-0.4, -0.2) is 13.2 Å². The lowest BCUT2D eigenvalue weighted by Crippen LogP contribution is -2.24. The fourth-order valence-electron chi connectivity index (χ4n) is 1.42. The second-order valence-corrected chi connectivity index (χ2v) is 3.95. The molecule has 6 heteroatoms. The van der Waals surface area contributed by atoms with Gasteiger partial charge in [0, 0.05) is 13.2 Å². The minimum Gasteiger partial charge on any atom is -0.481 e. The Labute approximate surface area is 118 Å². The first kappa shape index (κ1) is 17.9. The third-order valence-corrected chi connectivity index (χ3v) is 2.30. The summed E-state index contributed by atoms with van der Waals surface area (Å²) < 4.78 is 31.6. The molecule has 0 saturated carbocycles. The van der Waals surface area contributed by atoms with Gasteiger partial charge in [-0.05, 0) is 31.6 Å². The molecule has 1 atom stereocenters. The maximum atomic E-state index is 13.4. The zero-order valence-corrected chi connectivity index (χ0v) is 12.0. The van der Waals surface area contributed by atoms with Gasteiger partial charge in [0.25, 0.3) is 0 Å². The molecule has 4 nitrogen and oxygen atoms in total. The summed E-state index contributed by atoms with van der Waals surface area (Å²) in [4.78, 5) is 0. The molecule has 4 N–H and O–H groups in total. The molecule has 0 bridgehead atoms. The Morgan fingerprint density at radius 1 is 1.40 bits per heavy atom. The number of rotatable bonds is 8. The Morgan fingerprint density at radius 2 is 2.00 bits per heavy atom. The Bertz CT molecular complexity index is 453. The SMILES string of the molecule is C=C/C(F)=C(/OC(C)/C=C(C)\C(=C/NC)NN)C(=C)F. The van der Waals surface area contributed by atoms with Gasteiger partial charge in [-0.3, -0.25) is 5.84 Å². The van der Waals surface area contributed by atoms with E-state index in [0.29, 0.717) is 5.70 Å². The molecule has 0 aromatic carbocycles. The van der Waals surface area contributed by atoms with E-state index in [-0.39, 0.29) is 0 Å². The molecular weight excluding hydrogens is 264 g/mol. The van der Waals surface area contributed by atoms with Crippen molar-refractivity contribution in [3.8, 4) is 0 Å². The fraction of sp³-hybridized carbons (Fsp3) is 0.286. The van der Waals surface area contributed by atoms with Crippen molar-refractivity contribution in [2.24, 2.45) is 5.84 Å². The summed E-state index contributed by atoms with van der Waals surface area (Å²) in [6.07, 6.45) is 3.57. The van der Waals surface area contributed by atoms with E-state index in [1.54, 1.807) is 33.2 Å². The second-order valence-electron chi connectivity index (χ2n) is 3.95. The van der Waals surface area contributed by atoms with E-state index in [1.807, 2.05) is 0 Å². The number of allylic oxidation sites excluding steroid dienone is 4. The first-order valence-corrected chi connectivity index (χ1v) is 5.93. The molecule has 0 spiro atoms. The molecule has 112 valence electrons. The summed E-state index contributed by atoms with van der Waals surface area (Å²) in [5, 5.41) is 2.82. The molecule has 0 aliphatic rings. The number of hydrogen-bond donors (Lipinski definition) is 3. The van der Waals surface area contributed by atoms with Crippen LogP contribution in [0.25, 0.3) is 0 Å². The van der Waals surface area contributed by atoms with E-state index in [1.165, 1.54) is 0 Å². The molecule has 1 unspecified atom stereocenters. The van der Waals surface area contributed by atoms with Gasteiger partial charge in [0.15, 0.2) is 17.4 Å². The highest BCUT2D eigenvalue weighted by molar-refractivity contribution is 5.29. The summed E-state index contributed by atoms with van der Waals surface area (Å²) in [5.74, 6) is 2.90. The minimum absolute atomic E-state index is 0.559. The monoisotopic (exact) mass is 285 g/mol. The van der Waals surface area contributed by atoms with Crippen molar-refractivity contribution in [1.82, 2.24) is 10.7 Å². The Balaban J connectivity index is 5.10. The lowest BCUT2D eigenvalue weighted by atomic mass is 10.2. The first-order valence-electron chi connectivity index (χ1n) is 5.93. The number of hydrogen-bond acceptors (Lipinski definition) is 4. The summed E-state index contributed by atoms with van der Waals surface area (Å²) in [5.41, 5.74) is 3.87. The quantitative estimate of drug-likeness (QED) is 0.278. The van der Waals surface area contributed by atoms with Crippen molar-refractivity contribution in [3.63, 3.8) is 0 Å². The van der Waals surface area contributed by atoms with E-state index in [9.17, 15) is 8.78 Å². The highest BCUT2D eigenvalue weighted by atomic mass is 19.1. The van der Waals surface area contributed by atoms with Crippen molar-refractivity contribution in [2.45, 2.75) is 20.0 Å². The molecule has 0 fully saturated rings. The molecule has 0 heterocycles. The topological polar surface area (TPSA) is 59.3 Å². The van der Waals surface area contributed by atoms with Gasteiger partial charge in [-0.15, -0.1) is 0 Å². The average molecular weight is 285 g/mol. The molecule has 20 heavy (non-hydrogen) atoms. The van der Waals surface area contributed by atoms with Crippen molar-refractivity contribution < 1.29 is 13.5 Å². The molecule has 0 amide bonds. The van der Waals surface area contributed by atoms with E-state index in [4.69, 9.17) is 10.6 Å². The Hall–Kier alpha value is -2.08. The number of ether oxygens (including phenoxy) is 1. The third kappa shape index (κ3) is 5.71. The van der Waals surface area contributed by atoms with Gasteiger partial charge in [-0.1, -0.05) is 13.2 Å². The zero-order valence-electron chi connectivity index (χ0n) is 12.0. The number of hydrazine groups is 1. The van der Waals surface area contributed by atoms with Gasteiger partial charge in [-0.2, -0.15) is 0 Å². The standard InChI is InChI=1S/C14H21F2N3O/c1-6-12(16)14(11(4)15)20-10(3)7-9(2)13(19-17)8-18-5/h6-8,10,18-19H,1,4,17H2,2-3,5H3/b9-7-,13-8+,14-12-. The molecule has 0 saturated heterocycles. The highest BCUT2D eigenvalue weighted by Crippen LogP contribution is 2.21. The number of halogens is 2. The van der Waals surface area contributed by atoms with Crippen LogP contribution in [0.15, 0.2) is 60.2 Å². The van der Waals surface area contributed by atoms with Gasteiger partial charge >= 0.3 is 0 Å². The molecular formula is C14H21F2N3O. The van der Waals surface area contributed by atoms with Crippen molar-refractivity contribution >= 4 is 0 Å². The molecule has 0 aromatic rings. The zero-order chi connectivity index (χ0) is 15.7. The average Bonchev–Trinajstić information content (AvgIpc) is 2.40. The van der Waals surface area contributed by atoms with E-state index >= 15 is 0 Å². The number of nitrogens with two attached hydrogens (primary N) is 1. The molecule has 0 aliphatic heterocycles. The van der Waals surface area contributed by atoms with Gasteiger partial charge in [-0.25, -0.2) is 8.78 Å². The summed E-state index contributed by atoms with van der Waals surface area (Å²) in [6, 6.07) is 0. The lowest BCUT2D eigenvalue weighted by molar-refractivity contribution is 0.160. The van der Waals surface area contributed by atoms with Crippen molar-refractivity contribution in [2.75, 3.05) is 7.05 Å². The van der Waals surface area contributed by atoms with Gasteiger partial charge in [0.1, 0.15) is 6.10 Å². The minimum atomic E-state index is -0.997. The lowest BCUT2D eigenvalue weighted by Gasteiger charge is -2.15. The third-order valence-electron chi connectivity index (χ3n) is 2.30. The molecule has 0 rings (SSSR count). The smallest absolute Gasteiger partial charge is 0.190 e. The normalized spacial score (nSPS) is 15.1. The summed E-state index contributed by atoms with van der Waals surface area (Å²) >= 11 is 0. The van der Waals surface area contributed by atoms with Crippen molar-refractivity contribution in [1.29, 1.82) is 0 Å². The van der Waals surface area contributed by atoms with Crippen LogP contribution in [0.3, 0.4) is 0 Å². The molecule has 0 aliphatic carbocycles. The fourth-order valence-corrected chi connectivity index (χ4v) is 1.42. The van der Waals surface area contributed by atoms with Crippen LogP contribution in [-0.2, 0) is 4.74 Å². The summed E-state index contributed by atoms with van der Waals surface area (Å²) in [6.45, 7) is 9.66. The highest BCUT2D eigenvalue weighted by Gasteiger charge is 2.13. The van der Waals surface area contributed by atoms with Crippen LogP contribution in [0.4, 0.5) is 8.78 Å². The molecule has 0 radical (unpaired) electrons. The maximum absolute atomic E-state index is 13.4. The van der Waals surface area contributed by atoms with E-state index < -0.39 is 23.5 Å². The Morgan fingerprint density at radius 3 is 2.40 bits per heavy atom. The van der Waals surface area contributed by atoms with Crippen LogP contribution in [0.1, 0.15) is 13.8 Å². The van der Waals surface area contributed by atoms with Gasteiger partial charge in [0.05, 0.1) is 5.70 Å². The second kappa shape index (κ2) is 8.92. The van der Waals surface area contributed by atoms with Crippen LogP contribution in [0, 0.1) is 0 Å². The predicted octanol–water partition coefficient (Wildman–Crippen LogP) is 2.71. The van der Waals surface area contributed by atoms with Crippen LogP contribution in [0.5, 0.6) is 0 Å². The largest absolute Gasteiger partial charge is 0.481 e. The van der Waals surface area contributed by atoms with Crippen molar-refractivity contribution in [3.05, 3.63) is 60.2 Å². The maximum Gasteiger partial charge on any atom is 0.190 e. The van der Waals surface area contributed by atoms with Gasteiger partial charge in [0.2, 0.25) is 0 Å². The Kier molecular flexibility index (Phi) is 8.00. The van der Waals surface area contributed by atoms with E-state index in [2.05, 4.69) is 23.9 Å². The van der Waals surface area contributed by atoms with Crippen LogP contribution < -0.4 is 16.6 Å². The van der Waals surface area contributed by atoms with Crippen LogP contribution >= 0.6 is 0 Å². The molecule has 0 aromatic heterocycles. The predicted molar refractivity (Wildman–Crippen MR) is 77.3 cm³/mol. The summed E-state index contributed by atoms with van der Waals surface area (Å²) in [7, 11) is 1.72. The number of nitrogens with one attached hydrogen (secondary N) is 2. The van der Waals surface area contributed by atoms with Crippen LogP contribution in [0.2, 0.25) is 0 Å².